The Morgan fingerprint density at radius 3 is 2.44 bits per heavy atom. The fourth-order valence-electron chi connectivity index (χ4n) is 4.53. The van der Waals surface area contributed by atoms with Crippen molar-refractivity contribution in [1.29, 1.82) is 0 Å². The lowest BCUT2D eigenvalue weighted by molar-refractivity contribution is -0.132. The zero-order valence-corrected chi connectivity index (χ0v) is 19.6. The van der Waals surface area contributed by atoms with E-state index in [1.165, 1.54) is 25.3 Å². The maximum Gasteiger partial charge on any atom is 0.300 e. The maximum atomic E-state index is 14.2. The van der Waals surface area contributed by atoms with E-state index in [1.54, 1.807) is 24.3 Å². The number of Topliss-reactive ketones (excluding diaryl/α,β-unsaturated/α-hetero) is 1. The van der Waals surface area contributed by atoms with Crippen LogP contribution in [0, 0.1) is 11.6 Å². The van der Waals surface area contributed by atoms with Crippen LogP contribution in [0.15, 0.2) is 84.4 Å². The molecule has 0 radical (unpaired) electrons. The van der Waals surface area contributed by atoms with Crippen molar-refractivity contribution in [1.82, 2.24) is 0 Å². The minimum atomic E-state index is -1.18. The normalized spacial score (nSPS) is 17.1. The van der Waals surface area contributed by atoms with E-state index in [2.05, 4.69) is 0 Å². The number of halogens is 3. The number of aliphatic hydroxyl groups excluding tert-OH is 1. The number of aliphatic hydroxyl groups is 1. The molecule has 1 fully saturated rings. The SMILES string of the molecule is COc1ccc(Cl)cc1/C(O)=C1\C(=O)C(=O)N(c2ccc(F)c(F)c2)C1c1cccc2ccccc12. The number of anilines is 1. The van der Waals surface area contributed by atoms with Gasteiger partial charge in [0.1, 0.15) is 11.5 Å². The molecule has 4 aromatic carbocycles. The topological polar surface area (TPSA) is 66.8 Å². The highest BCUT2D eigenvalue weighted by atomic mass is 35.5. The molecule has 1 heterocycles. The molecule has 1 aliphatic rings. The number of fused-ring (bicyclic) bond motifs is 1. The van der Waals surface area contributed by atoms with Crippen LogP contribution in [0.5, 0.6) is 5.75 Å². The van der Waals surface area contributed by atoms with Gasteiger partial charge < -0.3 is 9.84 Å². The van der Waals surface area contributed by atoms with E-state index >= 15 is 0 Å². The van der Waals surface area contributed by atoms with Gasteiger partial charge in [0.2, 0.25) is 0 Å². The van der Waals surface area contributed by atoms with Crippen LogP contribution < -0.4 is 9.64 Å². The molecule has 180 valence electrons. The second-order valence-electron chi connectivity index (χ2n) is 8.18. The lowest BCUT2D eigenvalue weighted by Crippen LogP contribution is -2.29. The zero-order valence-electron chi connectivity index (χ0n) is 18.8. The van der Waals surface area contributed by atoms with Gasteiger partial charge in [-0.3, -0.25) is 14.5 Å². The van der Waals surface area contributed by atoms with Gasteiger partial charge in [-0.15, -0.1) is 0 Å². The van der Waals surface area contributed by atoms with Crippen molar-refractivity contribution in [3.05, 3.63) is 112 Å². The molecule has 5 nitrogen and oxygen atoms in total. The van der Waals surface area contributed by atoms with Gasteiger partial charge in [-0.25, -0.2) is 8.78 Å². The molecule has 1 amide bonds. The molecule has 0 aromatic heterocycles. The van der Waals surface area contributed by atoms with Crippen molar-refractivity contribution in [2.24, 2.45) is 0 Å². The highest BCUT2D eigenvalue weighted by Gasteiger charge is 2.47. The Labute approximate surface area is 209 Å². The number of carbonyl (C=O) groups is 2. The number of methoxy groups -OCH3 is 1. The molecule has 5 rings (SSSR count). The van der Waals surface area contributed by atoms with Crippen LogP contribution in [-0.2, 0) is 9.59 Å². The number of benzene rings is 4. The third-order valence-corrected chi connectivity index (χ3v) is 6.40. The monoisotopic (exact) mass is 505 g/mol. The fraction of sp³-hybridized carbons (Fsp3) is 0.0714. The standard InChI is InChI=1S/C28H18ClF2NO4/c1-36-23-12-9-16(29)13-20(23)26(33)24-25(19-8-4-6-15-5-2-3-7-18(15)19)32(28(35)27(24)34)17-10-11-21(30)22(31)14-17/h2-14,25,33H,1H3/b26-24+. The number of nitrogens with zero attached hydrogens (tertiary/aromatic N) is 1. The van der Waals surface area contributed by atoms with Gasteiger partial charge >= 0.3 is 0 Å². The highest BCUT2D eigenvalue weighted by Crippen LogP contribution is 2.45. The first-order valence-electron chi connectivity index (χ1n) is 10.9. The smallest absolute Gasteiger partial charge is 0.300 e. The van der Waals surface area contributed by atoms with Gasteiger partial charge in [-0.2, -0.15) is 0 Å². The minimum absolute atomic E-state index is 0.0361. The van der Waals surface area contributed by atoms with Gasteiger partial charge in [0.05, 0.1) is 24.3 Å². The third kappa shape index (κ3) is 3.78. The molecule has 1 unspecified atom stereocenters. The first-order valence-corrected chi connectivity index (χ1v) is 11.3. The van der Waals surface area contributed by atoms with Crippen molar-refractivity contribution in [3.8, 4) is 5.75 Å². The summed E-state index contributed by atoms with van der Waals surface area (Å²) in [7, 11) is 1.39. The number of ketones is 1. The number of hydrogen-bond acceptors (Lipinski definition) is 4. The lowest BCUT2D eigenvalue weighted by Gasteiger charge is -2.26. The van der Waals surface area contributed by atoms with Crippen LogP contribution in [0.1, 0.15) is 17.2 Å². The number of rotatable bonds is 4. The summed E-state index contributed by atoms with van der Waals surface area (Å²) in [6.07, 6.45) is 0. The van der Waals surface area contributed by atoms with Crippen molar-refractivity contribution < 1.29 is 28.2 Å². The average molecular weight is 506 g/mol. The van der Waals surface area contributed by atoms with Gasteiger partial charge in [-0.1, -0.05) is 54.1 Å². The van der Waals surface area contributed by atoms with Crippen LogP contribution >= 0.6 is 11.6 Å². The molecule has 0 aliphatic carbocycles. The van der Waals surface area contributed by atoms with Crippen LogP contribution in [-0.4, -0.2) is 23.9 Å². The molecule has 36 heavy (non-hydrogen) atoms. The highest BCUT2D eigenvalue weighted by molar-refractivity contribution is 6.52. The molecule has 1 saturated heterocycles. The Bertz CT molecular complexity index is 1580. The largest absolute Gasteiger partial charge is 0.507 e. The second-order valence-corrected chi connectivity index (χ2v) is 8.62. The van der Waals surface area contributed by atoms with E-state index in [-0.39, 0.29) is 27.6 Å². The Balaban J connectivity index is 1.84. The molecular formula is C28H18ClF2NO4. The average Bonchev–Trinajstić information content (AvgIpc) is 3.15. The van der Waals surface area contributed by atoms with Crippen molar-refractivity contribution in [2.75, 3.05) is 12.0 Å². The predicted octanol–water partition coefficient (Wildman–Crippen LogP) is 6.41. The van der Waals surface area contributed by atoms with E-state index in [4.69, 9.17) is 16.3 Å². The van der Waals surface area contributed by atoms with Gasteiger partial charge in [0, 0.05) is 16.8 Å². The van der Waals surface area contributed by atoms with Crippen molar-refractivity contribution in [2.45, 2.75) is 6.04 Å². The fourth-order valence-corrected chi connectivity index (χ4v) is 4.70. The summed E-state index contributed by atoms with van der Waals surface area (Å²) in [5, 5.41) is 13.2. The second kappa shape index (κ2) is 9.09. The first-order chi connectivity index (χ1) is 17.3. The van der Waals surface area contributed by atoms with Crippen LogP contribution in [0.4, 0.5) is 14.5 Å². The maximum absolute atomic E-state index is 14.2. The summed E-state index contributed by atoms with van der Waals surface area (Å²) in [6, 6.07) is 18.9. The Morgan fingerprint density at radius 1 is 0.944 bits per heavy atom. The quantitative estimate of drug-likeness (QED) is 0.198. The number of hydrogen-bond donors (Lipinski definition) is 1. The molecular weight excluding hydrogens is 488 g/mol. The van der Waals surface area contributed by atoms with Crippen LogP contribution in [0.25, 0.3) is 16.5 Å². The molecule has 8 heteroatoms. The first kappa shape index (κ1) is 23.5. The van der Waals surface area contributed by atoms with Gasteiger partial charge in [0.25, 0.3) is 11.7 Å². The molecule has 0 bridgehead atoms. The lowest BCUT2D eigenvalue weighted by atomic mass is 9.91. The molecule has 4 aromatic rings. The Morgan fingerprint density at radius 2 is 1.69 bits per heavy atom. The Hall–Kier alpha value is -4.23. The summed E-state index contributed by atoms with van der Waals surface area (Å²) >= 11 is 6.15. The van der Waals surface area contributed by atoms with E-state index in [1.807, 2.05) is 24.3 Å². The van der Waals surface area contributed by atoms with E-state index in [0.717, 1.165) is 22.4 Å². The molecule has 0 spiro atoms. The number of ether oxygens (including phenoxy) is 1. The summed E-state index contributed by atoms with van der Waals surface area (Å²) in [5.41, 5.74) is 0.353. The molecule has 1 aliphatic heterocycles. The van der Waals surface area contributed by atoms with Gasteiger partial charge in [-0.05, 0) is 46.7 Å². The van der Waals surface area contributed by atoms with E-state index in [0.29, 0.717) is 10.9 Å². The molecule has 1 atom stereocenters. The summed E-state index contributed by atoms with van der Waals surface area (Å²) in [6.45, 7) is 0. The summed E-state index contributed by atoms with van der Waals surface area (Å²) in [5.74, 6) is -4.54. The number of amides is 1. The summed E-state index contributed by atoms with van der Waals surface area (Å²) in [4.78, 5) is 27.8. The molecule has 0 saturated carbocycles. The third-order valence-electron chi connectivity index (χ3n) is 6.16. The van der Waals surface area contributed by atoms with Crippen molar-refractivity contribution >= 4 is 45.5 Å². The number of carbonyl (C=O) groups excluding carboxylic acids is 2. The van der Waals surface area contributed by atoms with Crippen LogP contribution in [0.2, 0.25) is 5.02 Å². The van der Waals surface area contributed by atoms with E-state index in [9.17, 15) is 23.5 Å². The van der Waals surface area contributed by atoms with Crippen molar-refractivity contribution in [3.63, 3.8) is 0 Å². The zero-order chi connectivity index (χ0) is 25.6. The van der Waals surface area contributed by atoms with Crippen LogP contribution in [0.3, 0.4) is 0 Å². The Kier molecular flexibility index (Phi) is 5.94. The van der Waals surface area contributed by atoms with E-state index < -0.39 is 35.1 Å². The van der Waals surface area contributed by atoms with Gasteiger partial charge in [0.15, 0.2) is 11.6 Å². The predicted molar refractivity (Wildman–Crippen MR) is 133 cm³/mol. The summed E-state index contributed by atoms with van der Waals surface area (Å²) < 4.78 is 33.3. The minimum Gasteiger partial charge on any atom is -0.507 e. The molecule has 1 N–H and O–H groups in total.